The van der Waals surface area contributed by atoms with E-state index in [2.05, 4.69) is 10.0 Å². The molecule has 138 valence electrons. The number of carbonyl (C=O) groups is 1. The first kappa shape index (κ1) is 18.9. The highest BCUT2D eigenvalue weighted by atomic mass is 35.5. The molecule has 0 aromatic heterocycles. The highest BCUT2D eigenvalue weighted by molar-refractivity contribution is 7.92. The van der Waals surface area contributed by atoms with Crippen LogP contribution in [0.1, 0.15) is 15.9 Å². The van der Waals surface area contributed by atoms with Crippen molar-refractivity contribution in [3.8, 4) is 0 Å². The van der Waals surface area contributed by atoms with Gasteiger partial charge in [0, 0.05) is 22.0 Å². The van der Waals surface area contributed by atoms with Gasteiger partial charge in [0.15, 0.2) is 0 Å². The quantitative estimate of drug-likeness (QED) is 0.651. The van der Waals surface area contributed by atoms with Crippen molar-refractivity contribution in [1.82, 2.24) is 0 Å². The molecule has 3 aromatic rings. The summed E-state index contributed by atoms with van der Waals surface area (Å²) in [5.41, 5.74) is 2.30. The molecule has 0 aliphatic carbocycles. The Labute approximate surface area is 163 Å². The molecule has 0 aliphatic rings. The number of carbonyl (C=O) groups excluding carboxylic acids is 1. The third-order valence-electron chi connectivity index (χ3n) is 3.89. The van der Waals surface area contributed by atoms with Gasteiger partial charge in [0.1, 0.15) is 0 Å². The first-order valence-corrected chi connectivity index (χ1v) is 9.97. The van der Waals surface area contributed by atoms with Crippen LogP contribution in [0.2, 0.25) is 5.02 Å². The molecule has 0 saturated heterocycles. The van der Waals surface area contributed by atoms with E-state index in [4.69, 9.17) is 11.6 Å². The predicted molar refractivity (Wildman–Crippen MR) is 108 cm³/mol. The number of anilines is 2. The van der Waals surface area contributed by atoms with Crippen LogP contribution in [0.4, 0.5) is 11.4 Å². The van der Waals surface area contributed by atoms with E-state index in [0.717, 1.165) is 5.56 Å². The van der Waals surface area contributed by atoms with Crippen molar-refractivity contribution in [2.75, 3.05) is 10.0 Å². The molecule has 5 nitrogen and oxygen atoms in total. The van der Waals surface area contributed by atoms with Crippen molar-refractivity contribution in [3.63, 3.8) is 0 Å². The number of aryl methyl sites for hydroxylation is 1. The van der Waals surface area contributed by atoms with E-state index in [-0.39, 0.29) is 10.8 Å². The Morgan fingerprint density at radius 2 is 1.59 bits per heavy atom. The van der Waals surface area contributed by atoms with Crippen LogP contribution in [0, 0.1) is 6.92 Å². The monoisotopic (exact) mass is 400 g/mol. The zero-order valence-corrected chi connectivity index (χ0v) is 16.0. The number of halogens is 1. The van der Waals surface area contributed by atoms with Crippen LogP contribution in [0.25, 0.3) is 0 Å². The Hall–Kier alpha value is -2.83. The summed E-state index contributed by atoms with van der Waals surface area (Å²) in [7, 11) is -3.72. The average Bonchev–Trinajstić information content (AvgIpc) is 2.64. The Balaban J connectivity index is 1.75. The number of sulfonamides is 1. The van der Waals surface area contributed by atoms with Crippen molar-refractivity contribution >= 4 is 38.9 Å². The van der Waals surface area contributed by atoms with Crippen LogP contribution in [-0.2, 0) is 10.0 Å². The summed E-state index contributed by atoms with van der Waals surface area (Å²) in [4.78, 5) is 12.5. The van der Waals surface area contributed by atoms with E-state index in [1.54, 1.807) is 48.5 Å². The van der Waals surface area contributed by atoms with E-state index >= 15 is 0 Å². The molecule has 0 fully saturated rings. The molecule has 0 unspecified atom stereocenters. The lowest BCUT2D eigenvalue weighted by Gasteiger charge is -2.10. The predicted octanol–water partition coefficient (Wildman–Crippen LogP) is 4.70. The van der Waals surface area contributed by atoms with E-state index in [1.165, 1.54) is 24.3 Å². The van der Waals surface area contributed by atoms with E-state index in [0.29, 0.717) is 22.0 Å². The molecule has 0 bridgehead atoms. The Kier molecular flexibility index (Phi) is 5.48. The van der Waals surface area contributed by atoms with Gasteiger partial charge in [0.2, 0.25) is 0 Å². The standard InChI is InChI=1S/C20H17ClN2O3S/c1-14-13-16(21)9-12-19(14)22-20(24)15-7-10-18(11-8-15)27(25,26)23-17-5-3-2-4-6-17/h2-13,23H,1H3,(H,22,24). The van der Waals surface area contributed by atoms with Gasteiger partial charge in [-0.3, -0.25) is 9.52 Å². The van der Waals surface area contributed by atoms with Gasteiger partial charge in [0.25, 0.3) is 15.9 Å². The maximum Gasteiger partial charge on any atom is 0.261 e. The third kappa shape index (κ3) is 4.67. The summed E-state index contributed by atoms with van der Waals surface area (Å²) in [5, 5.41) is 3.38. The number of amides is 1. The van der Waals surface area contributed by atoms with Crippen molar-refractivity contribution in [3.05, 3.63) is 88.9 Å². The molecule has 0 spiro atoms. The Morgan fingerprint density at radius 3 is 2.22 bits per heavy atom. The smallest absolute Gasteiger partial charge is 0.261 e. The fraction of sp³-hybridized carbons (Fsp3) is 0.0500. The number of hydrogen-bond donors (Lipinski definition) is 2. The first-order chi connectivity index (χ1) is 12.8. The minimum Gasteiger partial charge on any atom is -0.322 e. The summed E-state index contributed by atoms with van der Waals surface area (Å²) < 4.78 is 27.3. The van der Waals surface area contributed by atoms with Crippen molar-refractivity contribution < 1.29 is 13.2 Å². The summed E-state index contributed by atoms with van der Waals surface area (Å²) in [6.45, 7) is 1.84. The van der Waals surface area contributed by atoms with Gasteiger partial charge in [-0.15, -0.1) is 0 Å². The number of hydrogen-bond acceptors (Lipinski definition) is 3. The number of nitrogens with one attached hydrogen (secondary N) is 2. The molecule has 3 aromatic carbocycles. The first-order valence-electron chi connectivity index (χ1n) is 8.10. The minimum absolute atomic E-state index is 0.0746. The van der Waals surface area contributed by atoms with Gasteiger partial charge < -0.3 is 5.32 Å². The largest absolute Gasteiger partial charge is 0.322 e. The molecule has 0 radical (unpaired) electrons. The van der Waals surface area contributed by atoms with Gasteiger partial charge in [0.05, 0.1) is 4.90 Å². The zero-order chi connectivity index (χ0) is 19.4. The molecule has 0 atom stereocenters. The van der Waals surface area contributed by atoms with Gasteiger partial charge in [-0.1, -0.05) is 29.8 Å². The number of para-hydroxylation sites is 1. The van der Waals surface area contributed by atoms with Crippen molar-refractivity contribution in [2.45, 2.75) is 11.8 Å². The number of rotatable bonds is 5. The van der Waals surface area contributed by atoms with Crippen LogP contribution >= 0.6 is 11.6 Å². The summed E-state index contributed by atoms with van der Waals surface area (Å²) in [5.74, 6) is -0.333. The maximum atomic E-state index is 12.4. The second-order valence-corrected chi connectivity index (χ2v) is 8.03. The SMILES string of the molecule is Cc1cc(Cl)ccc1NC(=O)c1ccc(S(=O)(=O)Nc2ccccc2)cc1. The van der Waals surface area contributed by atoms with E-state index in [1.807, 2.05) is 6.92 Å². The van der Waals surface area contributed by atoms with Gasteiger partial charge >= 0.3 is 0 Å². The lowest BCUT2D eigenvalue weighted by molar-refractivity contribution is 0.102. The average molecular weight is 401 g/mol. The minimum atomic E-state index is -3.72. The molecule has 1 amide bonds. The second-order valence-electron chi connectivity index (χ2n) is 5.91. The second kappa shape index (κ2) is 7.82. The molecule has 0 saturated carbocycles. The van der Waals surface area contributed by atoms with Gasteiger partial charge in [-0.25, -0.2) is 8.42 Å². The zero-order valence-electron chi connectivity index (χ0n) is 14.4. The van der Waals surface area contributed by atoms with Crippen LogP contribution in [0.15, 0.2) is 77.7 Å². The van der Waals surface area contributed by atoms with Crippen LogP contribution in [-0.4, -0.2) is 14.3 Å². The molecule has 0 aliphatic heterocycles. The third-order valence-corrected chi connectivity index (χ3v) is 5.52. The summed E-state index contributed by atoms with van der Waals surface area (Å²) in [6.07, 6.45) is 0. The van der Waals surface area contributed by atoms with E-state index < -0.39 is 10.0 Å². The van der Waals surface area contributed by atoms with Crippen LogP contribution in [0.5, 0.6) is 0 Å². The fourth-order valence-corrected chi connectivity index (χ4v) is 3.75. The molecular formula is C20H17ClN2O3S. The van der Waals surface area contributed by atoms with Gasteiger partial charge in [-0.05, 0) is 67.1 Å². The highest BCUT2D eigenvalue weighted by Gasteiger charge is 2.15. The van der Waals surface area contributed by atoms with Crippen molar-refractivity contribution in [2.24, 2.45) is 0 Å². The van der Waals surface area contributed by atoms with E-state index in [9.17, 15) is 13.2 Å². The molecular weight excluding hydrogens is 384 g/mol. The Morgan fingerprint density at radius 1 is 0.926 bits per heavy atom. The topological polar surface area (TPSA) is 75.3 Å². The molecule has 7 heteroatoms. The molecule has 3 rings (SSSR count). The molecule has 2 N–H and O–H groups in total. The lowest BCUT2D eigenvalue weighted by atomic mass is 10.1. The lowest BCUT2D eigenvalue weighted by Crippen LogP contribution is -2.15. The summed E-state index contributed by atoms with van der Waals surface area (Å²) in [6, 6.07) is 19.5. The van der Waals surface area contributed by atoms with Gasteiger partial charge in [-0.2, -0.15) is 0 Å². The number of benzene rings is 3. The normalized spacial score (nSPS) is 11.0. The van der Waals surface area contributed by atoms with Crippen LogP contribution in [0.3, 0.4) is 0 Å². The Bertz CT molecular complexity index is 1070. The van der Waals surface area contributed by atoms with Crippen LogP contribution < -0.4 is 10.0 Å². The maximum absolute atomic E-state index is 12.4. The molecule has 0 heterocycles. The van der Waals surface area contributed by atoms with Crippen molar-refractivity contribution in [1.29, 1.82) is 0 Å². The molecule has 27 heavy (non-hydrogen) atoms. The highest BCUT2D eigenvalue weighted by Crippen LogP contribution is 2.21. The summed E-state index contributed by atoms with van der Waals surface area (Å²) >= 11 is 5.91. The fourth-order valence-electron chi connectivity index (χ4n) is 2.47.